The van der Waals surface area contributed by atoms with E-state index in [1.807, 2.05) is 46.8 Å². The second-order valence-electron chi connectivity index (χ2n) is 4.37. The van der Waals surface area contributed by atoms with Gasteiger partial charge in [0.25, 0.3) is 0 Å². The van der Waals surface area contributed by atoms with Crippen LogP contribution in [0.5, 0.6) is 0 Å². The van der Waals surface area contributed by atoms with Gasteiger partial charge in [-0.3, -0.25) is 0 Å². The number of hydrogen-bond donors (Lipinski definition) is 0. The van der Waals surface area contributed by atoms with E-state index in [0.29, 0.717) is 5.56 Å². The molecule has 14 heavy (non-hydrogen) atoms. The number of ether oxygens (including phenoxy) is 1. The highest BCUT2D eigenvalue weighted by molar-refractivity contribution is 6.32. The van der Waals surface area contributed by atoms with Crippen LogP contribution in [-0.2, 0) is 4.74 Å². The fraction of sp³-hybridized carbons (Fsp3) is 0.364. The summed E-state index contributed by atoms with van der Waals surface area (Å²) in [6.07, 6.45) is 0. The van der Waals surface area contributed by atoms with E-state index in [-0.39, 0.29) is 5.97 Å². The third-order valence-electron chi connectivity index (χ3n) is 1.65. The Morgan fingerprint density at radius 1 is 1.36 bits per heavy atom. The van der Waals surface area contributed by atoms with Gasteiger partial charge in [-0.05, 0) is 26.8 Å². The second-order valence-corrected chi connectivity index (χ2v) is 4.37. The van der Waals surface area contributed by atoms with E-state index in [1.54, 1.807) is 6.07 Å². The summed E-state index contributed by atoms with van der Waals surface area (Å²) in [5.74, 6) is -0.263. The highest BCUT2D eigenvalue weighted by atomic mass is 16.6. The van der Waals surface area contributed by atoms with Crippen LogP contribution in [-0.4, -0.2) is 19.4 Å². The van der Waals surface area contributed by atoms with Gasteiger partial charge in [0, 0.05) is 0 Å². The molecule has 1 rings (SSSR count). The number of rotatable bonds is 1. The first-order chi connectivity index (χ1) is 6.38. The molecule has 0 spiro atoms. The lowest BCUT2D eigenvalue weighted by atomic mass is 9.94. The maximum absolute atomic E-state index is 11.6. The molecular formula is C11H15BO2. The molecule has 0 atom stereocenters. The zero-order valence-corrected chi connectivity index (χ0v) is 9.13. The Morgan fingerprint density at radius 3 is 2.50 bits per heavy atom. The smallest absolute Gasteiger partial charge is 0.338 e. The first kappa shape index (κ1) is 10.8. The zero-order chi connectivity index (χ0) is 10.8. The molecule has 74 valence electrons. The molecule has 0 N–H and O–H groups in total. The van der Waals surface area contributed by atoms with Crippen LogP contribution in [0.15, 0.2) is 24.3 Å². The minimum absolute atomic E-state index is 0.263. The maximum atomic E-state index is 11.6. The Balaban J connectivity index is 2.80. The molecule has 1 aromatic carbocycles. The number of esters is 1. The van der Waals surface area contributed by atoms with E-state index in [9.17, 15) is 4.79 Å². The Hall–Kier alpha value is -1.25. The Labute approximate surface area is 85.7 Å². The lowest BCUT2D eigenvalue weighted by molar-refractivity contribution is 0.00696. The van der Waals surface area contributed by atoms with Gasteiger partial charge in [-0.15, -0.1) is 0 Å². The minimum atomic E-state index is -0.430. The van der Waals surface area contributed by atoms with Gasteiger partial charge in [0.05, 0.1) is 5.56 Å². The van der Waals surface area contributed by atoms with Crippen molar-refractivity contribution in [2.45, 2.75) is 26.4 Å². The van der Waals surface area contributed by atoms with E-state index < -0.39 is 5.60 Å². The molecular weight excluding hydrogens is 175 g/mol. The topological polar surface area (TPSA) is 26.3 Å². The molecule has 0 aliphatic rings. The van der Waals surface area contributed by atoms with Crippen LogP contribution in [0.2, 0.25) is 0 Å². The van der Waals surface area contributed by atoms with Crippen LogP contribution in [0.4, 0.5) is 0 Å². The normalized spacial score (nSPS) is 11.1. The lowest BCUT2D eigenvalue weighted by Gasteiger charge is -2.19. The van der Waals surface area contributed by atoms with Gasteiger partial charge in [0.15, 0.2) is 0 Å². The number of hydrogen-bond acceptors (Lipinski definition) is 2. The SMILES string of the molecule is Bc1cccc(C(=O)OC(C)(C)C)c1. The third kappa shape index (κ3) is 3.25. The first-order valence-corrected chi connectivity index (χ1v) is 4.68. The molecule has 0 heterocycles. The third-order valence-corrected chi connectivity index (χ3v) is 1.65. The molecule has 0 saturated heterocycles. The Morgan fingerprint density at radius 2 is 2.00 bits per heavy atom. The van der Waals surface area contributed by atoms with Crippen molar-refractivity contribution in [1.82, 2.24) is 0 Å². The van der Waals surface area contributed by atoms with Gasteiger partial charge < -0.3 is 4.74 Å². The summed E-state index contributed by atoms with van der Waals surface area (Å²) in [6, 6.07) is 7.40. The van der Waals surface area contributed by atoms with Crippen molar-refractivity contribution in [3.63, 3.8) is 0 Å². The summed E-state index contributed by atoms with van der Waals surface area (Å²) in [5.41, 5.74) is 1.24. The standard InChI is InChI=1S/C11H15BO2/c1-11(2,3)14-10(13)8-5-4-6-9(12)7-8/h4-7H,12H2,1-3H3. The first-order valence-electron chi connectivity index (χ1n) is 4.68. The minimum Gasteiger partial charge on any atom is -0.456 e. The molecule has 0 aromatic heterocycles. The Bertz CT molecular complexity index is 339. The maximum Gasteiger partial charge on any atom is 0.338 e. The molecule has 0 aliphatic heterocycles. The van der Waals surface area contributed by atoms with Crippen molar-refractivity contribution in [2.75, 3.05) is 0 Å². The monoisotopic (exact) mass is 190 g/mol. The van der Waals surface area contributed by atoms with Crippen molar-refractivity contribution in [3.8, 4) is 0 Å². The van der Waals surface area contributed by atoms with Crippen molar-refractivity contribution >= 4 is 19.3 Å². The molecule has 1 aromatic rings. The van der Waals surface area contributed by atoms with Crippen molar-refractivity contribution in [3.05, 3.63) is 29.8 Å². The van der Waals surface area contributed by atoms with Crippen molar-refractivity contribution in [2.24, 2.45) is 0 Å². The quantitative estimate of drug-likeness (QED) is 0.485. The average Bonchev–Trinajstić information content (AvgIpc) is 2.01. The van der Waals surface area contributed by atoms with Crippen molar-refractivity contribution in [1.29, 1.82) is 0 Å². The van der Waals surface area contributed by atoms with Crippen LogP contribution in [0, 0.1) is 0 Å². The van der Waals surface area contributed by atoms with Gasteiger partial charge in [0.2, 0.25) is 0 Å². The lowest BCUT2D eigenvalue weighted by Crippen LogP contribution is -2.24. The van der Waals surface area contributed by atoms with Crippen molar-refractivity contribution < 1.29 is 9.53 Å². The molecule has 0 unspecified atom stereocenters. The Kier molecular flexibility index (Phi) is 2.99. The predicted octanol–water partition coefficient (Wildman–Crippen LogP) is 0.900. The molecule has 3 heteroatoms. The van der Waals surface area contributed by atoms with Crippen LogP contribution in [0.1, 0.15) is 31.1 Å². The number of carbonyl (C=O) groups excluding carboxylic acids is 1. The van der Waals surface area contributed by atoms with Crippen LogP contribution >= 0.6 is 0 Å². The number of benzene rings is 1. The average molecular weight is 190 g/mol. The molecule has 0 amide bonds. The summed E-state index contributed by atoms with van der Waals surface area (Å²) < 4.78 is 5.24. The summed E-state index contributed by atoms with van der Waals surface area (Å²) in [4.78, 5) is 11.6. The van der Waals surface area contributed by atoms with Crippen LogP contribution in [0.3, 0.4) is 0 Å². The number of carbonyl (C=O) groups is 1. The highest BCUT2D eigenvalue weighted by Crippen LogP contribution is 2.10. The molecule has 0 fully saturated rings. The van der Waals surface area contributed by atoms with Crippen LogP contribution in [0.25, 0.3) is 0 Å². The van der Waals surface area contributed by atoms with E-state index >= 15 is 0 Å². The molecule has 0 radical (unpaired) electrons. The van der Waals surface area contributed by atoms with Gasteiger partial charge >= 0.3 is 5.97 Å². The van der Waals surface area contributed by atoms with Gasteiger partial charge in [-0.2, -0.15) is 0 Å². The summed E-state index contributed by atoms with van der Waals surface area (Å²) in [6.45, 7) is 5.59. The van der Waals surface area contributed by atoms with Gasteiger partial charge in [-0.25, -0.2) is 4.79 Å². The fourth-order valence-corrected chi connectivity index (χ4v) is 1.11. The van der Waals surface area contributed by atoms with Gasteiger partial charge in [0.1, 0.15) is 13.4 Å². The summed E-state index contributed by atoms with van der Waals surface area (Å²) in [7, 11) is 1.95. The van der Waals surface area contributed by atoms with Gasteiger partial charge in [-0.1, -0.05) is 23.7 Å². The molecule has 0 saturated carbocycles. The molecule has 0 aliphatic carbocycles. The van der Waals surface area contributed by atoms with E-state index in [1.165, 1.54) is 0 Å². The van der Waals surface area contributed by atoms with E-state index in [4.69, 9.17) is 4.74 Å². The van der Waals surface area contributed by atoms with E-state index in [2.05, 4.69) is 0 Å². The zero-order valence-electron chi connectivity index (χ0n) is 9.13. The van der Waals surface area contributed by atoms with E-state index in [0.717, 1.165) is 5.46 Å². The summed E-state index contributed by atoms with van der Waals surface area (Å²) >= 11 is 0. The highest BCUT2D eigenvalue weighted by Gasteiger charge is 2.17. The molecule has 0 bridgehead atoms. The largest absolute Gasteiger partial charge is 0.456 e. The molecule has 2 nitrogen and oxygen atoms in total. The van der Waals surface area contributed by atoms with Crippen LogP contribution < -0.4 is 5.46 Å². The predicted molar refractivity (Wildman–Crippen MR) is 59.8 cm³/mol. The summed E-state index contributed by atoms with van der Waals surface area (Å²) in [5, 5.41) is 0. The fourth-order valence-electron chi connectivity index (χ4n) is 1.11. The second kappa shape index (κ2) is 3.87.